The molecule has 0 amide bonds. The molecule has 1 saturated heterocycles. The van der Waals surface area contributed by atoms with E-state index in [1.165, 1.54) is 0 Å². The van der Waals surface area contributed by atoms with Crippen LogP contribution in [-0.2, 0) is 4.74 Å². The summed E-state index contributed by atoms with van der Waals surface area (Å²) in [6.07, 6.45) is 2.01. The zero-order valence-electron chi connectivity index (χ0n) is 9.15. The molecule has 1 N–H and O–H groups in total. The molecular weight excluding hydrogens is 258 g/mol. The van der Waals surface area contributed by atoms with E-state index in [1.54, 1.807) is 11.3 Å². The number of anilines is 1. The summed E-state index contributed by atoms with van der Waals surface area (Å²) in [7, 11) is 0. The van der Waals surface area contributed by atoms with Crippen molar-refractivity contribution in [3.63, 3.8) is 0 Å². The number of thiophene rings is 1. The lowest BCUT2D eigenvalue weighted by Crippen LogP contribution is -2.28. The average Bonchev–Trinajstić information content (AvgIpc) is 2.78. The predicted molar refractivity (Wildman–Crippen MR) is 69.9 cm³/mol. The van der Waals surface area contributed by atoms with Gasteiger partial charge in [-0.1, -0.05) is 0 Å². The van der Waals surface area contributed by atoms with E-state index in [2.05, 4.69) is 15.3 Å². The molecule has 90 valence electrons. The van der Waals surface area contributed by atoms with Crippen LogP contribution in [0.1, 0.15) is 12.8 Å². The van der Waals surface area contributed by atoms with E-state index in [4.69, 9.17) is 16.3 Å². The number of hydrogen-bond donors (Lipinski definition) is 1. The van der Waals surface area contributed by atoms with Crippen LogP contribution in [0.3, 0.4) is 0 Å². The molecule has 0 unspecified atom stereocenters. The molecular formula is C11H12ClN3OS. The molecule has 4 nitrogen and oxygen atoms in total. The van der Waals surface area contributed by atoms with Crippen molar-refractivity contribution in [3.8, 4) is 0 Å². The van der Waals surface area contributed by atoms with Gasteiger partial charge >= 0.3 is 0 Å². The van der Waals surface area contributed by atoms with Crippen LogP contribution in [-0.4, -0.2) is 29.2 Å². The average molecular weight is 270 g/mol. The fourth-order valence-electron chi connectivity index (χ4n) is 1.97. The topological polar surface area (TPSA) is 47.0 Å². The number of ether oxygens (including phenoxy) is 1. The van der Waals surface area contributed by atoms with Crippen LogP contribution in [0.2, 0.25) is 5.28 Å². The van der Waals surface area contributed by atoms with Gasteiger partial charge in [-0.3, -0.25) is 0 Å². The van der Waals surface area contributed by atoms with Gasteiger partial charge in [0.2, 0.25) is 5.28 Å². The number of fused-ring (bicyclic) bond motifs is 1. The van der Waals surface area contributed by atoms with Crippen LogP contribution in [0.5, 0.6) is 0 Å². The first kappa shape index (κ1) is 11.2. The van der Waals surface area contributed by atoms with Crippen molar-refractivity contribution in [1.82, 2.24) is 9.97 Å². The highest BCUT2D eigenvalue weighted by atomic mass is 35.5. The van der Waals surface area contributed by atoms with Crippen LogP contribution in [0.25, 0.3) is 10.2 Å². The van der Waals surface area contributed by atoms with Crippen molar-refractivity contribution in [2.45, 2.75) is 18.9 Å². The Morgan fingerprint density at radius 1 is 1.35 bits per heavy atom. The van der Waals surface area contributed by atoms with Crippen LogP contribution < -0.4 is 5.32 Å². The quantitative estimate of drug-likeness (QED) is 0.852. The minimum atomic E-state index is 0.300. The molecule has 0 bridgehead atoms. The smallest absolute Gasteiger partial charge is 0.225 e. The molecule has 0 aliphatic carbocycles. The van der Waals surface area contributed by atoms with E-state index in [-0.39, 0.29) is 0 Å². The molecule has 0 saturated carbocycles. The number of halogens is 1. The van der Waals surface area contributed by atoms with Crippen LogP contribution in [0.15, 0.2) is 11.4 Å². The molecule has 1 aliphatic heterocycles. The van der Waals surface area contributed by atoms with Crippen LogP contribution >= 0.6 is 22.9 Å². The lowest BCUT2D eigenvalue weighted by Gasteiger charge is -2.23. The third kappa shape index (κ3) is 2.36. The highest BCUT2D eigenvalue weighted by molar-refractivity contribution is 7.16. The zero-order valence-corrected chi connectivity index (χ0v) is 10.7. The Kier molecular flexibility index (Phi) is 3.13. The molecule has 1 fully saturated rings. The van der Waals surface area contributed by atoms with Crippen LogP contribution in [0.4, 0.5) is 5.82 Å². The van der Waals surface area contributed by atoms with Gasteiger partial charge in [0.1, 0.15) is 10.6 Å². The highest BCUT2D eigenvalue weighted by Crippen LogP contribution is 2.27. The second-order valence-corrected chi connectivity index (χ2v) is 5.24. The summed E-state index contributed by atoms with van der Waals surface area (Å²) in [6.45, 7) is 1.62. The molecule has 0 atom stereocenters. The normalized spacial score (nSPS) is 17.5. The first-order valence-electron chi connectivity index (χ1n) is 5.58. The van der Waals surface area contributed by atoms with E-state index in [0.29, 0.717) is 11.3 Å². The van der Waals surface area contributed by atoms with E-state index in [9.17, 15) is 0 Å². The summed E-state index contributed by atoms with van der Waals surface area (Å²) in [4.78, 5) is 9.40. The molecule has 3 heterocycles. The standard InChI is InChI=1S/C11H12ClN3OS/c12-11-14-9(8-3-6-17-10(8)15-11)13-7-1-4-16-5-2-7/h3,6-7H,1-2,4-5H2,(H,13,14,15). The first-order valence-corrected chi connectivity index (χ1v) is 6.84. The maximum Gasteiger partial charge on any atom is 0.225 e. The monoisotopic (exact) mass is 269 g/mol. The molecule has 0 radical (unpaired) electrons. The summed E-state index contributed by atoms with van der Waals surface area (Å²) < 4.78 is 5.34. The maximum atomic E-state index is 5.92. The Labute approximate surface area is 108 Å². The third-order valence-corrected chi connectivity index (χ3v) is 3.84. The van der Waals surface area contributed by atoms with Crippen molar-refractivity contribution in [2.75, 3.05) is 18.5 Å². The summed E-state index contributed by atoms with van der Waals surface area (Å²) in [5.74, 6) is 0.841. The second kappa shape index (κ2) is 4.76. The number of hydrogen-bond acceptors (Lipinski definition) is 5. The second-order valence-electron chi connectivity index (χ2n) is 4.01. The fraction of sp³-hybridized carbons (Fsp3) is 0.455. The van der Waals surface area contributed by atoms with Gasteiger partial charge in [-0.2, -0.15) is 0 Å². The number of nitrogens with one attached hydrogen (secondary N) is 1. The molecule has 6 heteroatoms. The molecule has 0 spiro atoms. The molecule has 17 heavy (non-hydrogen) atoms. The minimum absolute atomic E-state index is 0.300. The van der Waals surface area contributed by atoms with Gasteiger partial charge in [0.25, 0.3) is 0 Å². The molecule has 3 rings (SSSR count). The summed E-state index contributed by atoms with van der Waals surface area (Å²) in [5.41, 5.74) is 0. The zero-order chi connectivity index (χ0) is 11.7. The van der Waals surface area contributed by atoms with Gasteiger partial charge < -0.3 is 10.1 Å². The fourth-order valence-corrected chi connectivity index (χ4v) is 2.96. The van der Waals surface area contributed by atoms with Crippen molar-refractivity contribution >= 4 is 39.0 Å². The SMILES string of the molecule is Clc1nc(NC2CCOCC2)c2ccsc2n1. The van der Waals surface area contributed by atoms with Crippen molar-refractivity contribution in [2.24, 2.45) is 0 Å². The Morgan fingerprint density at radius 3 is 3.00 bits per heavy atom. The lowest BCUT2D eigenvalue weighted by molar-refractivity contribution is 0.0904. The largest absolute Gasteiger partial charge is 0.381 e. The van der Waals surface area contributed by atoms with E-state index < -0.39 is 0 Å². The third-order valence-electron chi connectivity index (χ3n) is 2.86. The lowest BCUT2D eigenvalue weighted by atomic mass is 10.1. The molecule has 2 aromatic rings. The predicted octanol–water partition coefficient (Wildman–Crippen LogP) is 2.94. The van der Waals surface area contributed by atoms with Gasteiger partial charge in [0.05, 0.1) is 5.39 Å². The Hall–Kier alpha value is -0.910. The number of nitrogens with zero attached hydrogens (tertiary/aromatic N) is 2. The maximum absolute atomic E-state index is 5.92. The van der Waals surface area contributed by atoms with E-state index in [0.717, 1.165) is 42.1 Å². The van der Waals surface area contributed by atoms with E-state index in [1.807, 2.05) is 11.4 Å². The first-order chi connectivity index (χ1) is 8.33. The van der Waals surface area contributed by atoms with E-state index >= 15 is 0 Å². The van der Waals surface area contributed by atoms with Gasteiger partial charge in [0, 0.05) is 19.3 Å². The van der Waals surface area contributed by atoms with Gasteiger partial charge in [-0.25, -0.2) is 9.97 Å². The van der Waals surface area contributed by atoms with Crippen molar-refractivity contribution < 1.29 is 4.74 Å². The highest BCUT2D eigenvalue weighted by Gasteiger charge is 2.16. The molecule has 0 aromatic carbocycles. The summed E-state index contributed by atoms with van der Waals surface area (Å²) in [5, 5.41) is 6.79. The van der Waals surface area contributed by atoms with Crippen molar-refractivity contribution in [1.29, 1.82) is 0 Å². The molecule has 1 aliphatic rings. The molecule has 2 aromatic heterocycles. The van der Waals surface area contributed by atoms with Gasteiger partial charge in [-0.15, -0.1) is 11.3 Å². The van der Waals surface area contributed by atoms with Gasteiger partial charge in [0.15, 0.2) is 0 Å². The number of rotatable bonds is 2. The summed E-state index contributed by atoms with van der Waals surface area (Å²) in [6, 6.07) is 2.44. The van der Waals surface area contributed by atoms with Crippen LogP contribution in [0, 0.1) is 0 Å². The Bertz CT molecular complexity index is 524. The Balaban J connectivity index is 1.90. The van der Waals surface area contributed by atoms with Gasteiger partial charge in [-0.05, 0) is 35.9 Å². The summed E-state index contributed by atoms with van der Waals surface area (Å²) >= 11 is 7.50. The van der Waals surface area contributed by atoms with Crippen molar-refractivity contribution in [3.05, 3.63) is 16.7 Å². The minimum Gasteiger partial charge on any atom is -0.381 e. The Morgan fingerprint density at radius 2 is 2.18 bits per heavy atom. The number of aromatic nitrogens is 2.